The predicted octanol–water partition coefficient (Wildman–Crippen LogP) is 2.26. The average molecular weight is 333 g/mol. The second-order valence-corrected chi connectivity index (χ2v) is 6.45. The van der Waals surface area contributed by atoms with Crippen LogP contribution in [0.3, 0.4) is 0 Å². The first kappa shape index (κ1) is 17.1. The first-order chi connectivity index (χ1) is 11.0. The predicted molar refractivity (Wildman–Crippen MR) is 88.5 cm³/mol. The summed E-state index contributed by atoms with van der Waals surface area (Å²) in [5.74, 6) is 0.405. The molecule has 0 aliphatic rings. The number of Topliss-reactive ketones (excluding diaryl/α,β-unsaturated/α-hetero) is 1. The zero-order valence-electron chi connectivity index (χ0n) is 13.3. The number of anilines is 1. The van der Waals surface area contributed by atoms with E-state index in [-0.39, 0.29) is 17.4 Å². The molecule has 122 valence electrons. The molecule has 2 aromatic rings. The molecular formula is C15H19N5O2S. The Morgan fingerprint density at radius 2 is 2.13 bits per heavy atom. The highest BCUT2D eigenvalue weighted by Gasteiger charge is 2.11. The third kappa shape index (κ3) is 5.17. The van der Waals surface area contributed by atoms with E-state index in [9.17, 15) is 9.59 Å². The summed E-state index contributed by atoms with van der Waals surface area (Å²) in [4.78, 5) is 23.4. The van der Waals surface area contributed by atoms with Crippen LogP contribution in [0.1, 0.15) is 31.1 Å². The molecule has 0 saturated carbocycles. The van der Waals surface area contributed by atoms with Crippen LogP contribution < -0.4 is 5.32 Å². The Labute approximate surface area is 138 Å². The Hall–Kier alpha value is -2.22. The summed E-state index contributed by atoms with van der Waals surface area (Å²) in [6, 6.07) is 6.86. The van der Waals surface area contributed by atoms with Crippen molar-refractivity contribution in [1.29, 1.82) is 0 Å². The molecule has 1 heterocycles. The van der Waals surface area contributed by atoms with Gasteiger partial charge in [0.15, 0.2) is 5.78 Å². The Bertz CT molecular complexity index is 699. The summed E-state index contributed by atoms with van der Waals surface area (Å²) in [5, 5.41) is 14.9. The summed E-state index contributed by atoms with van der Waals surface area (Å²) in [6.45, 7) is 6.35. The Morgan fingerprint density at radius 1 is 1.35 bits per heavy atom. The molecule has 0 unspecified atom stereocenters. The maximum atomic E-state index is 12.0. The summed E-state index contributed by atoms with van der Waals surface area (Å²) < 4.78 is 1.69. The number of carbonyl (C=O) groups excluding carboxylic acids is 2. The van der Waals surface area contributed by atoms with Crippen molar-refractivity contribution in [3.63, 3.8) is 0 Å². The van der Waals surface area contributed by atoms with Gasteiger partial charge in [0.1, 0.15) is 0 Å². The van der Waals surface area contributed by atoms with Crippen molar-refractivity contribution in [2.75, 3.05) is 11.1 Å². The normalized spacial score (nSPS) is 10.8. The van der Waals surface area contributed by atoms with E-state index in [4.69, 9.17) is 0 Å². The lowest BCUT2D eigenvalue weighted by Gasteiger charge is -2.07. The monoisotopic (exact) mass is 333 g/mol. The molecule has 1 N–H and O–H groups in total. The number of nitrogens with one attached hydrogen (secondary N) is 1. The Morgan fingerprint density at radius 3 is 2.83 bits per heavy atom. The highest BCUT2D eigenvalue weighted by Crippen LogP contribution is 2.16. The Kier molecular flexibility index (Phi) is 5.86. The van der Waals surface area contributed by atoms with Gasteiger partial charge in [-0.15, -0.1) is 5.10 Å². The Balaban J connectivity index is 1.92. The maximum absolute atomic E-state index is 12.0. The average Bonchev–Trinajstić information content (AvgIpc) is 2.92. The standard InChI is InChI=1S/C15H19N5O2S/c1-10(2)8-20-15(17-18-19-20)23-9-14(22)16-13-6-4-5-12(7-13)11(3)21/h4-7,10H,8-9H2,1-3H3,(H,16,22). The number of benzene rings is 1. The molecule has 0 radical (unpaired) electrons. The number of nitrogens with zero attached hydrogens (tertiary/aromatic N) is 4. The van der Waals surface area contributed by atoms with Gasteiger partial charge in [0, 0.05) is 17.8 Å². The minimum Gasteiger partial charge on any atom is -0.325 e. The van der Waals surface area contributed by atoms with E-state index in [1.165, 1.54) is 18.7 Å². The molecule has 8 heteroatoms. The molecule has 0 aliphatic heterocycles. The van der Waals surface area contributed by atoms with Crippen molar-refractivity contribution in [3.8, 4) is 0 Å². The molecule has 1 aromatic carbocycles. The van der Waals surface area contributed by atoms with Gasteiger partial charge in [-0.2, -0.15) is 0 Å². The molecule has 0 fully saturated rings. The van der Waals surface area contributed by atoms with Crippen LogP contribution in [0.25, 0.3) is 0 Å². The van der Waals surface area contributed by atoms with Crippen LogP contribution in [0.2, 0.25) is 0 Å². The summed E-state index contributed by atoms with van der Waals surface area (Å²) in [5.41, 5.74) is 1.17. The van der Waals surface area contributed by atoms with E-state index in [2.05, 4.69) is 34.7 Å². The minimum absolute atomic E-state index is 0.0386. The second-order valence-electron chi connectivity index (χ2n) is 5.51. The molecule has 2 rings (SSSR count). The van der Waals surface area contributed by atoms with Crippen molar-refractivity contribution >= 4 is 29.1 Å². The highest BCUT2D eigenvalue weighted by atomic mass is 32.2. The van der Waals surface area contributed by atoms with Crippen LogP contribution in [-0.4, -0.2) is 37.7 Å². The van der Waals surface area contributed by atoms with Gasteiger partial charge in [-0.1, -0.05) is 37.7 Å². The lowest BCUT2D eigenvalue weighted by molar-refractivity contribution is -0.113. The molecular weight excluding hydrogens is 314 g/mol. The molecule has 0 atom stereocenters. The first-order valence-corrected chi connectivity index (χ1v) is 8.24. The number of rotatable bonds is 7. The third-order valence-electron chi connectivity index (χ3n) is 2.92. The van der Waals surface area contributed by atoms with Crippen molar-refractivity contribution < 1.29 is 9.59 Å². The van der Waals surface area contributed by atoms with Gasteiger partial charge in [0.05, 0.1) is 5.75 Å². The van der Waals surface area contributed by atoms with Crippen LogP contribution in [0.5, 0.6) is 0 Å². The van der Waals surface area contributed by atoms with E-state index in [0.29, 0.717) is 28.9 Å². The van der Waals surface area contributed by atoms with Gasteiger partial charge < -0.3 is 5.32 Å². The lowest BCUT2D eigenvalue weighted by Crippen LogP contribution is -2.15. The number of ketones is 1. The van der Waals surface area contributed by atoms with E-state index in [0.717, 1.165) is 0 Å². The van der Waals surface area contributed by atoms with E-state index >= 15 is 0 Å². The van der Waals surface area contributed by atoms with Gasteiger partial charge >= 0.3 is 0 Å². The first-order valence-electron chi connectivity index (χ1n) is 7.25. The van der Waals surface area contributed by atoms with Gasteiger partial charge in [0.25, 0.3) is 0 Å². The van der Waals surface area contributed by atoms with Crippen molar-refractivity contribution in [1.82, 2.24) is 20.2 Å². The molecule has 0 aliphatic carbocycles. The zero-order valence-corrected chi connectivity index (χ0v) is 14.1. The van der Waals surface area contributed by atoms with Gasteiger partial charge in [-0.3, -0.25) is 9.59 Å². The fraction of sp³-hybridized carbons (Fsp3) is 0.400. The van der Waals surface area contributed by atoms with Crippen LogP contribution in [0, 0.1) is 5.92 Å². The molecule has 1 aromatic heterocycles. The molecule has 0 spiro atoms. The smallest absolute Gasteiger partial charge is 0.234 e. The molecule has 7 nitrogen and oxygen atoms in total. The maximum Gasteiger partial charge on any atom is 0.234 e. The van der Waals surface area contributed by atoms with E-state index in [1.807, 2.05) is 0 Å². The van der Waals surface area contributed by atoms with Crippen LogP contribution in [0.4, 0.5) is 5.69 Å². The SMILES string of the molecule is CC(=O)c1cccc(NC(=O)CSc2nnnn2CC(C)C)c1. The zero-order chi connectivity index (χ0) is 16.8. The molecule has 0 bridgehead atoms. The number of carbonyl (C=O) groups is 2. The number of aromatic nitrogens is 4. The molecule has 1 amide bonds. The minimum atomic E-state index is -0.171. The summed E-state index contributed by atoms with van der Waals surface area (Å²) in [6.07, 6.45) is 0. The third-order valence-corrected chi connectivity index (χ3v) is 3.88. The number of tetrazole rings is 1. The van der Waals surface area contributed by atoms with Crippen molar-refractivity contribution in [2.24, 2.45) is 5.92 Å². The van der Waals surface area contributed by atoms with E-state index < -0.39 is 0 Å². The van der Waals surface area contributed by atoms with Crippen LogP contribution in [-0.2, 0) is 11.3 Å². The van der Waals surface area contributed by atoms with E-state index in [1.54, 1.807) is 28.9 Å². The molecule has 0 saturated heterocycles. The number of hydrogen-bond donors (Lipinski definition) is 1. The quantitative estimate of drug-likeness (QED) is 0.617. The second kappa shape index (κ2) is 7.87. The highest BCUT2D eigenvalue weighted by molar-refractivity contribution is 7.99. The van der Waals surface area contributed by atoms with Crippen LogP contribution in [0.15, 0.2) is 29.4 Å². The molecule has 23 heavy (non-hydrogen) atoms. The number of thioether (sulfide) groups is 1. The number of amides is 1. The largest absolute Gasteiger partial charge is 0.325 e. The fourth-order valence-electron chi connectivity index (χ4n) is 1.90. The van der Waals surface area contributed by atoms with Crippen molar-refractivity contribution in [2.45, 2.75) is 32.5 Å². The van der Waals surface area contributed by atoms with Crippen molar-refractivity contribution in [3.05, 3.63) is 29.8 Å². The lowest BCUT2D eigenvalue weighted by atomic mass is 10.1. The van der Waals surface area contributed by atoms with Gasteiger partial charge in [-0.05, 0) is 35.4 Å². The fourth-order valence-corrected chi connectivity index (χ4v) is 2.59. The topological polar surface area (TPSA) is 89.8 Å². The number of hydrogen-bond acceptors (Lipinski definition) is 6. The summed E-state index contributed by atoms with van der Waals surface area (Å²) >= 11 is 1.28. The summed E-state index contributed by atoms with van der Waals surface area (Å²) in [7, 11) is 0. The van der Waals surface area contributed by atoms with Crippen LogP contribution >= 0.6 is 11.8 Å². The van der Waals surface area contributed by atoms with Gasteiger partial charge in [0.2, 0.25) is 11.1 Å². The van der Waals surface area contributed by atoms with Gasteiger partial charge in [-0.25, -0.2) is 4.68 Å².